The van der Waals surface area contributed by atoms with Crippen molar-refractivity contribution in [2.75, 3.05) is 0 Å². The van der Waals surface area contributed by atoms with Crippen LogP contribution in [0.4, 0.5) is 0 Å². The minimum absolute atomic E-state index is 0.0963. The second-order valence-electron chi connectivity index (χ2n) is 5.29. The van der Waals surface area contributed by atoms with Crippen LogP contribution in [0.2, 0.25) is 5.31 Å². The average molecular weight is 225 g/mol. The lowest BCUT2D eigenvalue weighted by Gasteiger charge is -2.24. The van der Waals surface area contributed by atoms with Crippen molar-refractivity contribution in [2.24, 2.45) is 0 Å². The molecule has 0 saturated carbocycles. The largest absolute Gasteiger partial charge is 0.361 e. The van der Waals surface area contributed by atoms with Gasteiger partial charge in [-0.05, 0) is 18.1 Å². The molecule has 0 amide bonds. The molecule has 0 aliphatic heterocycles. The Kier molecular flexibility index (Phi) is 3.61. The fourth-order valence-electron chi connectivity index (χ4n) is 2.38. The van der Waals surface area contributed by atoms with Crippen LogP contribution in [0.1, 0.15) is 38.7 Å². The van der Waals surface area contributed by atoms with Crippen LogP contribution in [0, 0.1) is 0 Å². The number of fused-ring (bicyclic) bond motifs is 1. The highest BCUT2D eigenvalue weighted by Crippen LogP contribution is 2.34. The quantitative estimate of drug-likeness (QED) is 0.732. The number of rotatable bonds is 5. The van der Waals surface area contributed by atoms with E-state index < -0.39 is 0 Å². The summed E-state index contributed by atoms with van der Waals surface area (Å²) in [6.45, 7) is 4.37. The SMILES string of the molecule is [B][C@@](C)(CCCC)Cc1c[nH]c2ccccc12. The zero-order valence-corrected chi connectivity index (χ0v) is 10.8. The first kappa shape index (κ1) is 12.3. The first-order valence-corrected chi connectivity index (χ1v) is 6.46. The molecule has 1 nitrogen and oxygen atoms in total. The molecule has 2 heteroatoms. The standard InChI is InChI=1S/C15H20BN/c1-3-4-9-15(2,16)10-12-11-17-14-8-6-5-7-13(12)14/h5-8,11,17H,3-4,9-10H2,1-2H3/t15-/m0/s1. The molecule has 0 unspecified atom stereocenters. The lowest BCUT2D eigenvalue weighted by molar-refractivity contribution is 0.528. The first-order chi connectivity index (χ1) is 8.12. The third-order valence-corrected chi connectivity index (χ3v) is 3.37. The number of benzene rings is 1. The smallest absolute Gasteiger partial charge is 0.0747 e. The van der Waals surface area contributed by atoms with Crippen molar-refractivity contribution in [3.05, 3.63) is 36.0 Å². The number of H-pyrrole nitrogens is 1. The van der Waals surface area contributed by atoms with Crippen molar-refractivity contribution in [3.63, 3.8) is 0 Å². The molecule has 2 rings (SSSR count). The normalized spacial score (nSPS) is 14.9. The lowest BCUT2D eigenvalue weighted by Crippen LogP contribution is -2.11. The van der Waals surface area contributed by atoms with Crippen LogP contribution < -0.4 is 0 Å². The van der Waals surface area contributed by atoms with E-state index in [-0.39, 0.29) is 5.31 Å². The van der Waals surface area contributed by atoms with Gasteiger partial charge in [0, 0.05) is 17.1 Å². The molecular formula is C15H20BN. The molecule has 0 aliphatic carbocycles. The Balaban J connectivity index is 2.18. The van der Waals surface area contributed by atoms with E-state index in [2.05, 4.69) is 49.3 Å². The van der Waals surface area contributed by atoms with E-state index in [9.17, 15) is 0 Å². The van der Waals surface area contributed by atoms with Gasteiger partial charge >= 0.3 is 0 Å². The Morgan fingerprint density at radius 3 is 2.82 bits per heavy atom. The lowest BCUT2D eigenvalue weighted by atomic mass is 9.64. The predicted octanol–water partition coefficient (Wildman–Crippen LogP) is 4.25. The Morgan fingerprint density at radius 1 is 1.29 bits per heavy atom. The van der Waals surface area contributed by atoms with E-state index >= 15 is 0 Å². The second kappa shape index (κ2) is 4.99. The third kappa shape index (κ3) is 2.93. The Labute approximate surface area is 105 Å². The maximum absolute atomic E-state index is 6.37. The van der Waals surface area contributed by atoms with Gasteiger partial charge in [0.2, 0.25) is 0 Å². The fourth-order valence-corrected chi connectivity index (χ4v) is 2.38. The molecule has 2 radical (unpaired) electrons. The van der Waals surface area contributed by atoms with E-state index in [0.717, 1.165) is 12.8 Å². The van der Waals surface area contributed by atoms with Crippen LogP contribution in [0.3, 0.4) is 0 Å². The second-order valence-corrected chi connectivity index (χ2v) is 5.29. The summed E-state index contributed by atoms with van der Waals surface area (Å²) in [7, 11) is 6.37. The Morgan fingerprint density at radius 2 is 2.06 bits per heavy atom. The van der Waals surface area contributed by atoms with Crippen molar-refractivity contribution >= 4 is 18.7 Å². The summed E-state index contributed by atoms with van der Waals surface area (Å²) >= 11 is 0. The molecule has 1 atom stereocenters. The summed E-state index contributed by atoms with van der Waals surface area (Å²) in [5, 5.41) is 1.21. The van der Waals surface area contributed by atoms with E-state index in [1.165, 1.54) is 29.3 Å². The summed E-state index contributed by atoms with van der Waals surface area (Å²) < 4.78 is 0. The highest BCUT2D eigenvalue weighted by atomic mass is 14.7. The van der Waals surface area contributed by atoms with Crippen molar-refractivity contribution in [3.8, 4) is 0 Å². The van der Waals surface area contributed by atoms with Gasteiger partial charge in [0.05, 0.1) is 7.85 Å². The van der Waals surface area contributed by atoms with Crippen LogP contribution in [0.25, 0.3) is 10.9 Å². The van der Waals surface area contributed by atoms with Crippen LogP contribution >= 0.6 is 0 Å². The molecule has 0 fully saturated rings. The molecule has 0 saturated heterocycles. The Hall–Kier alpha value is -1.18. The van der Waals surface area contributed by atoms with Gasteiger partial charge < -0.3 is 4.98 Å². The van der Waals surface area contributed by atoms with Crippen molar-refractivity contribution in [1.82, 2.24) is 4.98 Å². The molecule has 2 aromatic rings. The van der Waals surface area contributed by atoms with Gasteiger partial charge in [-0.3, -0.25) is 0 Å². The fraction of sp³-hybridized carbons (Fsp3) is 0.467. The van der Waals surface area contributed by atoms with Crippen molar-refractivity contribution in [1.29, 1.82) is 0 Å². The maximum Gasteiger partial charge on any atom is 0.0747 e. The van der Waals surface area contributed by atoms with Gasteiger partial charge in [0.1, 0.15) is 0 Å². The molecule has 1 N–H and O–H groups in total. The molecule has 1 heterocycles. The Bertz CT molecular complexity index is 484. The molecule has 0 spiro atoms. The number of hydrogen-bond donors (Lipinski definition) is 1. The van der Waals surface area contributed by atoms with Gasteiger partial charge in [-0.15, -0.1) is 0 Å². The number of unbranched alkanes of at least 4 members (excludes halogenated alkanes) is 1. The summed E-state index contributed by atoms with van der Waals surface area (Å²) in [5.41, 5.74) is 2.54. The summed E-state index contributed by atoms with van der Waals surface area (Å²) in [4.78, 5) is 3.31. The maximum atomic E-state index is 6.37. The average Bonchev–Trinajstić information content (AvgIpc) is 2.70. The van der Waals surface area contributed by atoms with Crippen LogP contribution in [-0.2, 0) is 6.42 Å². The molecule has 0 bridgehead atoms. The topological polar surface area (TPSA) is 15.8 Å². The van der Waals surface area contributed by atoms with Crippen LogP contribution in [-0.4, -0.2) is 12.8 Å². The van der Waals surface area contributed by atoms with Crippen LogP contribution in [0.15, 0.2) is 30.5 Å². The van der Waals surface area contributed by atoms with E-state index in [4.69, 9.17) is 7.85 Å². The highest BCUT2D eigenvalue weighted by molar-refractivity contribution is 6.15. The summed E-state index contributed by atoms with van der Waals surface area (Å²) in [6.07, 6.45) is 6.54. The van der Waals surface area contributed by atoms with E-state index in [1.54, 1.807) is 0 Å². The number of aromatic nitrogens is 1. The zero-order chi connectivity index (χ0) is 12.3. The minimum Gasteiger partial charge on any atom is -0.361 e. The number of aromatic amines is 1. The zero-order valence-electron chi connectivity index (χ0n) is 10.8. The van der Waals surface area contributed by atoms with Crippen molar-refractivity contribution in [2.45, 2.75) is 44.8 Å². The molecule has 88 valence electrons. The summed E-state index contributed by atoms with van der Waals surface area (Å²) in [6, 6.07) is 8.41. The summed E-state index contributed by atoms with van der Waals surface area (Å²) in [5.74, 6) is 0. The van der Waals surface area contributed by atoms with Gasteiger partial charge in [-0.25, -0.2) is 0 Å². The minimum atomic E-state index is -0.0963. The van der Waals surface area contributed by atoms with E-state index in [1.807, 2.05) is 0 Å². The van der Waals surface area contributed by atoms with Crippen molar-refractivity contribution < 1.29 is 0 Å². The molecule has 1 aromatic carbocycles. The predicted molar refractivity (Wildman–Crippen MR) is 75.6 cm³/mol. The highest BCUT2D eigenvalue weighted by Gasteiger charge is 2.18. The molecular weight excluding hydrogens is 205 g/mol. The van der Waals surface area contributed by atoms with Gasteiger partial charge in [0.15, 0.2) is 0 Å². The van der Waals surface area contributed by atoms with Gasteiger partial charge in [-0.2, -0.15) is 0 Å². The van der Waals surface area contributed by atoms with Crippen LogP contribution in [0.5, 0.6) is 0 Å². The van der Waals surface area contributed by atoms with Gasteiger partial charge in [0.25, 0.3) is 0 Å². The van der Waals surface area contributed by atoms with E-state index in [0.29, 0.717) is 0 Å². The third-order valence-electron chi connectivity index (χ3n) is 3.37. The number of hydrogen-bond acceptors (Lipinski definition) is 0. The first-order valence-electron chi connectivity index (χ1n) is 6.46. The molecule has 0 aliphatic rings. The number of nitrogens with one attached hydrogen (secondary N) is 1. The monoisotopic (exact) mass is 225 g/mol. The molecule has 1 aromatic heterocycles. The molecule has 17 heavy (non-hydrogen) atoms. The van der Waals surface area contributed by atoms with Gasteiger partial charge in [-0.1, -0.05) is 56.6 Å². The number of para-hydroxylation sites is 1.